The lowest BCUT2D eigenvalue weighted by Gasteiger charge is -2.45. The van der Waals surface area contributed by atoms with Crippen LogP contribution in [-0.4, -0.2) is 5.67 Å². The maximum Gasteiger partial charge on any atom is 0.108 e. The van der Waals surface area contributed by atoms with E-state index in [1.54, 1.807) is 13.8 Å². The van der Waals surface area contributed by atoms with Crippen LogP contribution in [0, 0.1) is 17.8 Å². The summed E-state index contributed by atoms with van der Waals surface area (Å²) in [6.07, 6.45) is 9.16. The minimum absolute atomic E-state index is 0.349. The molecule has 2 rings (SSSR count). The zero-order chi connectivity index (χ0) is 10.2. The highest BCUT2D eigenvalue weighted by Crippen LogP contribution is 2.48. The second-order valence-electron chi connectivity index (χ2n) is 5.81. The molecule has 0 bridgehead atoms. The number of hydrogen-bond donors (Lipinski definition) is 0. The van der Waals surface area contributed by atoms with Crippen LogP contribution in [0.2, 0.25) is 0 Å². The molecule has 1 heteroatoms. The second-order valence-corrected chi connectivity index (χ2v) is 5.81. The average molecular weight is 198 g/mol. The van der Waals surface area contributed by atoms with Gasteiger partial charge in [0.15, 0.2) is 0 Å². The summed E-state index contributed by atoms with van der Waals surface area (Å²) in [4.78, 5) is 0. The van der Waals surface area contributed by atoms with E-state index in [1.807, 2.05) is 0 Å². The van der Waals surface area contributed by atoms with E-state index in [0.29, 0.717) is 11.8 Å². The van der Waals surface area contributed by atoms with Gasteiger partial charge in [0.1, 0.15) is 5.67 Å². The molecular formula is C13H23F. The molecule has 0 spiro atoms. The molecule has 14 heavy (non-hydrogen) atoms. The van der Waals surface area contributed by atoms with Crippen LogP contribution in [0.1, 0.15) is 58.8 Å². The van der Waals surface area contributed by atoms with Gasteiger partial charge in [-0.2, -0.15) is 0 Å². The van der Waals surface area contributed by atoms with Crippen molar-refractivity contribution in [2.45, 2.75) is 64.5 Å². The fraction of sp³-hybridized carbons (Fsp3) is 1.00. The van der Waals surface area contributed by atoms with Crippen molar-refractivity contribution in [2.24, 2.45) is 17.8 Å². The summed E-state index contributed by atoms with van der Waals surface area (Å²) in [5.41, 5.74) is -0.944. The number of alkyl halides is 1. The summed E-state index contributed by atoms with van der Waals surface area (Å²) in [6, 6.07) is 0. The largest absolute Gasteiger partial charge is 0.244 e. The highest BCUT2D eigenvalue weighted by atomic mass is 19.1. The van der Waals surface area contributed by atoms with Gasteiger partial charge in [0.05, 0.1) is 0 Å². The van der Waals surface area contributed by atoms with E-state index in [-0.39, 0.29) is 0 Å². The molecule has 2 aliphatic carbocycles. The van der Waals surface area contributed by atoms with Crippen molar-refractivity contribution < 1.29 is 4.39 Å². The van der Waals surface area contributed by atoms with Gasteiger partial charge in [-0.15, -0.1) is 0 Å². The van der Waals surface area contributed by atoms with Crippen LogP contribution >= 0.6 is 0 Å². The fourth-order valence-electron chi connectivity index (χ4n) is 3.79. The summed E-state index contributed by atoms with van der Waals surface area (Å²) in [5, 5.41) is 0. The van der Waals surface area contributed by atoms with E-state index in [0.717, 1.165) is 12.3 Å². The average Bonchev–Trinajstić information content (AvgIpc) is 2.15. The molecule has 0 nitrogen and oxygen atoms in total. The van der Waals surface area contributed by atoms with Crippen LogP contribution in [0.5, 0.6) is 0 Å². The Morgan fingerprint density at radius 3 is 2.29 bits per heavy atom. The molecule has 0 aromatic heterocycles. The fourth-order valence-corrected chi connectivity index (χ4v) is 3.79. The van der Waals surface area contributed by atoms with Crippen LogP contribution in [0.4, 0.5) is 4.39 Å². The van der Waals surface area contributed by atoms with Gasteiger partial charge in [0.25, 0.3) is 0 Å². The van der Waals surface area contributed by atoms with Crippen LogP contribution in [0.15, 0.2) is 0 Å². The Kier molecular flexibility index (Phi) is 2.86. The number of rotatable bonds is 1. The first-order valence-corrected chi connectivity index (χ1v) is 6.28. The summed E-state index contributed by atoms with van der Waals surface area (Å²) in [6.45, 7) is 3.57. The van der Waals surface area contributed by atoms with Crippen molar-refractivity contribution in [1.29, 1.82) is 0 Å². The van der Waals surface area contributed by atoms with E-state index >= 15 is 0 Å². The minimum Gasteiger partial charge on any atom is -0.244 e. The van der Waals surface area contributed by atoms with E-state index in [4.69, 9.17) is 0 Å². The van der Waals surface area contributed by atoms with Crippen LogP contribution in [-0.2, 0) is 0 Å². The smallest absolute Gasteiger partial charge is 0.108 e. The van der Waals surface area contributed by atoms with Crippen molar-refractivity contribution >= 4 is 0 Å². The normalized spacial score (nSPS) is 39.2. The number of halogens is 1. The zero-order valence-corrected chi connectivity index (χ0v) is 9.56. The molecule has 3 atom stereocenters. The Bertz CT molecular complexity index is 190. The Hall–Kier alpha value is -0.0700. The van der Waals surface area contributed by atoms with Crippen LogP contribution in [0.25, 0.3) is 0 Å². The third kappa shape index (κ3) is 1.97. The number of hydrogen-bond acceptors (Lipinski definition) is 0. The molecule has 0 radical (unpaired) electrons. The van der Waals surface area contributed by atoms with E-state index < -0.39 is 5.67 Å². The van der Waals surface area contributed by atoms with E-state index in [9.17, 15) is 4.39 Å². The highest BCUT2D eigenvalue weighted by molar-refractivity contribution is 4.92. The zero-order valence-electron chi connectivity index (χ0n) is 9.56. The molecule has 2 fully saturated rings. The summed E-state index contributed by atoms with van der Waals surface area (Å²) < 4.78 is 14.0. The van der Waals surface area contributed by atoms with Gasteiger partial charge in [-0.1, -0.05) is 32.1 Å². The summed E-state index contributed by atoms with van der Waals surface area (Å²) in [7, 11) is 0. The summed E-state index contributed by atoms with van der Waals surface area (Å²) in [5.74, 6) is 1.91. The molecular weight excluding hydrogens is 175 g/mol. The molecule has 82 valence electrons. The molecule has 0 heterocycles. The second kappa shape index (κ2) is 3.83. The SMILES string of the molecule is CC(C)(F)C1CCCC2CCCCC21. The first kappa shape index (κ1) is 10.4. The third-order valence-electron chi connectivity index (χ3n) is 4.46. The van der Waals surface area contributed by atoms with Crippen molar-refractivity contribution in [2.75, 3.05) is 0 Å². The third-order valence-corrected chi connectivity index (χ3v) is 4.46. The molecule has 0 N–H and O–H groups in total. The Balaban J connectivity index is 2.09. The predicted octanol–water partition coefficient (Wildman–Crippen LogP) is 4.34. The maximum atomic E-state index is 14.0. The Labute approximate surface area is 87.3 Å². The lowest BCUT2D eigenvalue weighted by molar-refractivity contribution is 0.000123. The van der Waals surface area contributed by atoms with Gasteiger partial charge >= 0.3 is 0 Å². The van der Waals surface area contributed by atoms with Crippen molar-refractivity contribution in [3.8, 4) is 0 Å². The molecule has 0 aromatic carbocycles. The maximum absolute atomic E-state index is 14.0. The van der Waals surface area contributed by atoms with Gasteiger partial charge in [-0.25, -0.2) is 4.39 Å². The first-order valence-electron chi connectivity index (χ1n) is 6.28. The van der Waals surface area contributed by atoms with Crippen LogP contribution < -0.4 is 0 Å². The molecule has 2 aliphatic rings. The summed E-state index contributed by atoms with van der Waals surface area (Å²) >= 11 is 0. The molecule has 0 amide bonds. The van der Waals surface area contributed by atoms with Gasteiger partial charge in [0.2, 0.25) is 0 Å². The van der Waals surface area contributed by atoms with Gasteiger partial charge in [0, 0.05) is 0 Å². The Morgan fingerprint density at radius 1 is 0.929 bits per heavy atom. The molecule has 0 aromatic rings. The topological polar surface area (TPSA) is 0 Å². The van der Waals surface area contributed by atoms with Gasteiger partial charge in [-0.05, 0) is 44.4 Å². The van der Waals surface area contributed by atoms with Gasteiger partial charge < -0.3 is 0 Å². The molecule has 0 saturated heterocycles. The van der Waals surface area contributed by atoms with Crippen molar-refractivity contribution in [3.63, 3.8) is 0 Å². The lowest BCUT2D eigenvalue weighted by Crippen LogP contribution is -2.40. The predicted molar refractivity (Wildman–Crippen MR) is 58.0 cm³/mol. The van der Waals surface area contributed by atoms with Crippen LogP contribution in [0.3, 0.4) is 0 Å². The molecule has 2 saturated carbocycles. The molecule has 0 aliphatic heterocycles. The minimum atomic E-state index is -0.944. The number of fused-ring (bicyclic) bond motifs is 1. The van der Waals surface area contributed by atoms with E-state index in [1.165, 1.54) is 38.5 Å². The quantitative estimate of drug-likeness (QED) is 0.588. The lowest BCUT2D eigenvalue weighted by atomic mass is 9.62. The standard InChI is InChI=1S/C13H23F/c1-13(2,14)12-9-5-7-10-6-3-4-8-11(10)12/h10-12H,3-9H2,1-2H3. The van der Waals surface area contributed by atoms with Gasteiger partial charge in [-0.3, -0.25) is 0 Å². The van der Waals surface area contributed by atoms with E-state index in [2.05, 4.69) is 0 Å². The highest BCUT2D eigenvalue weighted by Gasteiger charge is 2.42. The molecule has 3 unspecified atom stereocenters. The van der Waals surface area contributed by atoms with Crippen molar-refractivity contribution in [3.05, 3.63) is 0 Å². The monoisotopic (exact) mass is 198 g/mol. The first-order chi connectivity index (χ1) is 6.59. The Morgan fingerprint density at radius 2 is 1.57 bits per heavy atom. The van der Waals surface area contributed by atoms with Crippen molar-refractivity contribution in [1.82, 2.24) is 0 Å².